The van der Waals surface area contributed by atoms with Gasteiger partial charge in [-0.05, 0) is 31.5 Å². The van der Waals surface area contributed by atoms with Gasteiger partial charge in [-0.2, -0.15) is 13.2 Å². The number of aryl methyl sites for hydroxylation is 2. The fourth-order valence-corrected chi connectivity index (χ4v) is 1.71. The topological polar surface area (TPSA) is 26.0 Å². The summed E-state index contributed by atoms with van der Waals surface area (Å²) >= 11 is 0. The molecule has 1 aromatic heterocycles. The van der Waals surface area contributed by atoms with E-state index < -0.39 is 11.7 Å². The molecule has 2 rings (SSSR count). The zero-order valence-corrected chi connectivity index (χ0v) is 12.0. The molecule has 5 heteroatoms. The summed E-state index contributed by atoms with van der Waals surface area (Å²) in [6.07, 6.45) is -3.67. The van der Waals surface area contributed by atoms with Crippen molar-refractivity contribution in [3.8, 4) is 11.5 Å². The van der Waals surface area contributed by atoms with Gasteiger partial charge in [-0.3, -0.25) is 0 Å². The van der Waals surface area contributed by atoms with Crippen LogP contribution in [-0.4, -0.2) is 4.98 Å². The van der Waals surface area contributed by atoms with E-state index in [1.165, 1.54) is 6.07 Å². The summed E-state index contributed by atoms with van der Waals surface area (Å²) in [7, 11) is 0. The van der Waals surface area contributed by atoms with Crippen LogP contribution in [0.3, 0.4) is 0 Å². The molecule has 2 aromatic rings. The van der Waals surface area contributed by atoms with E-state index in [2.05, 4.69) is 4.98 Å². The van der Waals surface area contributed by atoms with Crippen LogP contribution in [0.5, 0.6) is 0 Å². The van der Waals surface area contributed by atoms with Crippen molar-refractivity contribution in [2.75, 3.05) is 0 Å². The molecule has 1 aromatic carbocycles. The van der Waals surface area contributed by atoms with Gasteiger partial charge in [0.1, 0.15) is 5.76 Å². The van der Waals surface area contributed by atoms with Crippen molar-refractivity contribution >= 4 is 0 Å². The quantitative estimate of drug-likeness (QED) is 0.752. The van der Waals surface area contributed by atoms with E-state index in [9.17, 15) is 13.2 Å². The molecular weight excluding hydrogens is 267 g/mol. The Balaban J connectivity index is 0.000000956. The van der Waals surface area contributed by atoms with E-state index in [-0.39, 0.29) is 5.89 Å². The molecule has 0 aliphatic heterocycles. The summed E-state index contributed by atoms with van der Waals surface area (Å²) in [6, 6.07) is 4.98. The van der Waals surface area contributed by atoms with Gasteiger partial charge >= 0.3 is 6.18 Å². The van der Waals surface area contributed by atoms with Gasteiger partial charge in [0.2, 0.25) is 5.89 Å². The SMILES string of the molecule is CC.CCc1nc(-c2cccc(C(F)(F)F)c2)oc1C. The summed E-state index contributed by atoms with van der Waals surface area (Å²) in [5.74, 6) is 0.875. The van der Waals surface area contributed by atoms with Gasteiger partial charge in [-0.15, -0.1) is 0 Å². The van der Waals surface area contributed by atoms with Crippen LogP contribution < -0.4 is 0 Å². The maximum absolute atomic E-state index is 12.6. The smallest absolute Gasteiger partial charge is 0.416 e. The molecule has 0 saturated carbocycles. The Morgan fingerprint density at radius 2 is 1.85 bits per heavy atom. The molecule has 0 atom stereocenters. The lowest BCUT2D eigenvalue weighted by Gasteiger charge is -2.06. The maximum atomic E-state index is 12.6. The number of oxazole rings is 1. The lowest BCUT2D eigenvalue weighted by molar-refractivity contribution is -0.137. The Bertz CT molecular complexity index is 558. The first-order chi connectivity index (χ1) is 9.41. The lowest BCUT2D eigenvalue weighted by Crippen LogP contribution is -2.04. The molecule has 0 amide bonds. The third-order valence-electron chi connectivity index (χ3n) is 2.66. The van der Waals surface area contributed by atoms with Crippen molar-refractivity contribution < 1.29 is 17.6 Å². The molecule has 0 N–H and O–H groups in total. The standard InChI is InChI=1S/C13H12F3NO.C2H6/c1-3-11-8(2)18-12(17-11)9-5-4-6-10(7-9)13(14,15)16;1-2/h4-7H,3H2,1-2H3;1-2H3. The van der Waals surface area contributed by atoms with Crippen LogP contribution in [0.25, 0.3) is 11.5 Å². The second kappa shape index (κ2) is 6.59. The molecule has 0 unspecified atom stereocenters. The number of aromatic nitrogens is 1. The van der Waals surface area contributed by atoms with Crippen molar-refractivity contribution in [3.63, 3.8) is 0 Å². The molecule has 0 spiro atoms. The fourth-order valence-electron chi connectivity index (χ4n) is 1.71. The lowest BCUT2D eigenvalue weighted by atomic mass is 10.1. The average Bonchev–Trinajstić information content (AvgIpc) is 2.81. The van der Waals surface area contributed by atoms with Gasteiger partial charge in [0, 0.05) is 5.56 Å². The monoisotopic (exact) mass is 285 g/mol. The van der Waals surface area contributed by atoms with Crippen molar-refractivity contribution in [3.05, 3.63) is 41.3 Å². The van der Waals surface area contributed by atoms with Crippen LogP contribution in [0.2, 0.25) is 0 Å². The minimum Gasteiger partial charge on any atom is -0.441 e. The molecule has 0 bridgehead atoms. The number of alkyl halides is 3. The van der Waals surface area contributed by atoms with E-state index in [1.54, 1.807) is 13.0 Å². The molecule has 1 heterocycles. The normalized spacial score (nSPS) is 10.9. The molecule has 0 aliphatic rings. The molecule has 110 valence electrons. The number of rotatable bonds is 2. The van der Waals surface area contributed by atoms with Crippen LogP contribution in [0, 0.1) is 6.92 Å². The summed E-state index contributed by atoms with van der Waals surface area (Å²) in [5, 5.41) is 0. The predicted molar refractivity (Wildman–Crippen MR) is 72.4 cm³/mol. The van der Waals surface area contributed by atoms with E-state index in [0.717, 1.165) is 17.8 Å². The van der Waals surface area contributed by atoms with Crippen LogP contribution in [0.15, 0.2) is 28.7 Å². The molecular formula is C15H18F3NO. The van der Waals surface area contributed by atoms with Crippen LogP contribution in [0.4, 0.5) is 13.2 Å². The maximum Gasteiger partial charge on any atom is 0.416 e. The zero-order chi connectivity index (χ0) is 15.3. The van der Waals surface area contributed by atoms with Crippen LogP contribution >= 0.6 is 0 Å². The number of halogens is 3. The second-order valence-electron chi connectivity index (χ2n) is 3.95. The Hall–Kier alpha value is -1.78. The molecule has 20 heavy (non-hydrogen) atoms. The van der Waals surface area contributed by atoms with Crippen molar-refractivity contribution in [2.24, 2.45) is 0 Å². The summed E-state index contributed by atoms with van der Waals surface area (Å²) in [4.78, 5) is 4.19. The molecule has 2 nitrogen and oxygen atoms in total. The third-order valence-corrected chi connectivity index (χ3v) is 2.66. The number of benzene rings is 1. The van der Waals surface area contributed by atoms with Crippen LogP contribution in [0.1, 0.15) is 37.8 Å². The van der Waals surface area contributed by atoms with Crippen molar-refractivity contribution in [1.82, 2.24) is 4.98 Å². The van der Waals surface area contributed by atoms with E-state index >= 15 is 0 Å². The first kappa shape index (κ1) is 16.3. The highest BCUT2D eigenvalue weighted by molar-refractivity contribution is 5.55. The number of hydrogen-bond donors (Lipinski definition) is 0. The van der Waals surface area contributed by atoms with E-state index in [4.69, 9.17) is 4.42 Å². The van der Waals surface area contributed by atoms with Gasteiger partial charge in [-0.1, -0.05) is 26.8 Å². The van der Waals surface area contributed by atoms with Crippen LogP contribution in [-0.2, 0) is 12.6 Å². The van der Waals surface area contributed by atoms with Gasteiger partial charge in [0.15, 0.2) is 0 Å². The molecule has 0 fully saturated rings. The van der Waals surface area contributed by atoms with E-state index in [1.807, 2.05) is 20.8 Å². The first-order valence-electron chi connectivity index (χ1n) is 6.55. The summed E-state index contributed by atoms with van der Waals surface area (Å²) in [6.45, 7) is 7.67. The first-order valence-corrected chi connectivity index (χ1v) is 6.55. The molecule has 0 aliphatic carbocycles. The Kier molecular flexibility index (Phi) is 5.36. The average molecular weight is 285 g/mol. The minimum absolute atomic E-state index is 0.232. The highest BCUT2D eigenvalue weighted by Gasteiger charge is 2.30. The predicted octanol–water partition coefficient (Wildman–Crippen LogP) is 5.26. The highest BCUT2D eigenvalue weighted by Crippen LogP contribution is 2.32. The Morgan fingerprint density at radius 3 is 2.35 bits per heavy atom. The molecule has 0 radical (unpaired) electrons. The summed E-state index contributed by atoms with van der Waals surface area (Å²) in [5.41, 5.74) is 0.406. The Morgan fingerprint density at radius 1 is 1.20 bits per heavy atom. The largest absolute Gasteiger partial charge is 0.441 e. The second-order valence-corrected chi connectivity index (χ2v) is 3.95. The number of hydrogen-bond acceptors (Lipinski definition) is 2. The zero-order valence-electron chi connectivity index (χ0n) is 12.0. The third kappa shape index (κ3) is 3.62. The summed E-state index contributed by atoms with van der Waals surface area (Å²) < 4.78 is 43.1. The minimum atomic E-state index is -4.36. The van der Waals surface area contributed by atoms with E-state index in [0.29, 0.717) is 17.7 Å². The van der Waals surface area contributed by atoms with Gasteiger partial charge in [0.05, 0.1) is 11.3 Å². The highest BCUT2D eigenvalue weighted by atomic mass is 19.4. The Labute approximate surface area is 116 Å². The van der Waals surface area contributed by atoms with Gasteiger partial charge < -0.3 is 4.42 Å². The van der Waals surface area contributed by atoms with Crippen molar-refractivity contribution in [2.45, 2.75) is 40.3 Å². The molecule has 0 saturated heterocycles. The fraction of sp³-hybridized carbons (Fsp3) is 0.400. The van der Waals surface area contributed by atoms with Gasteiger partial charge in [-0.25, -0.2) is 4.98 Å². The number of nitrogens with zero attached hydrogens (tertiary/aromatic N) is 1. The van der Waals surface area contributed by atoms with Crippen molar-refractivity contribution in [1.29, 1.82) is 0 Å². The van der Waals surface area contributed by atoms with Gasteiger partial charge in [0.25, 0.3) is 0 Å².